The molecular weight excluding hydrogens is 371 g/mol. The number of likely N-dealkylation sites (N-methyl/N-ethyl adjacent to an activating group) is 1. The quantitative estimate of drug-likeness (QED) is 0.815. The zero-order valence-electron chi connectivity index (χ0n) is 8.55. The molecule has 0 fully saturated rings. The van der Waals surface area contributed by atoms with Gasteiger partial charge in [-0.25, -0.2) is 0 Å². The fourth-order valence-corrected chi connectivity index (χ4v) is 2.46. The van der Waals surface area contributed by atoms with Gasteiger partial charge in [-0.2, -0.15) is 0 Å². The van der Waals surface area contributed by atoms with Crippen molar-refractivity contribution in [3.05, 3.63) is 26.2 Å². The Morgan fingerprint density at radius 2 is 2.20 bits per heavy atom. The molecule has 0 aliphatic heterocycles. The van der Waals surface area contributed by atoms with Crippen molar-refractivity contribution in [3.63, 3.8) is 0 Å². The lowest BCUT2D eigenvalue weighted by Gasteiger charge is -2.11. The highest BCUT2D eigenvalue weighted by Crippen LogP contribution is 2.24. The van der Waals surface area contributed by atoms with E-state index in [0.29, 0.717) is 6.54 Å². The summed E-state index contributed by atoms with van der Waals surface area (Å²) in [5.41, 5.74) is 0.808. The highest BCUT2D eigenvalue weighted by molar-refractivity contribution is 14.1. The monoisotopic (exact) mass is 382 g/mol. The van der Waals surface area contributed by atoms with Gasteiger partial charge in [0.25, 0.3) is 0 Å². The summed E-state index contributed by atoms with van der Waals surface area (Å²) in [6, 6.07) is 5.81. The standard InChI is InChI=1S/C10H12BrIN2O/c1-14(2)6-10(15)13-9-4-3-7(12)5-8(9)11/h3-5H,6H2,1-2H3,(H,13,15). The third-order valence-corrected chi connectivity index (χ3v) is 2.99. The van der Waals surface area contributed by atoms with Crippen LogP contribution in [0, 0.1) is 3.57 Å². The van der Waals surface area contributed by atoms with Crippen molar-refractivity contribution in [2.45, 2.75) is 0 Å². The van der Waals surface area contributed by atoms with E-state index in [0.717, 1.165) is 13.7 Å². The molecule has 0 unspecified atom stereocenters. The van der Waals surface area contributed by atoms with E-state index in [1.54, 1.807) is 0 Å². The van der Waals surface area contributed by atoms with Gasteiger partial charge in [0, 0.05) is 8.04 Å². The average molecular weight is 383 g/mol. The van der Waals surface area contributed by atoms with Crippen LogP contribution in [0.25, 0.3) is 0 Å². The largest absolute Gasteiger partial charge is 0.324 e. The normalized spacial score (nSPS) is 10.5. The van der Waals surface area contributed by atoms with E-state index in [1.807, 2.05) is 37.2 Å². The summed E-state index contributed by atoms with van der Waals surface area (Å²) in [5.74, 6) is -0.0121. The number of hydrogen-bond donors (Lipinski definition) is 1. The number of amides is 1. The zero-order valence-corrected chi connectivity index (χ0v) is 12.3. The van der Waals surface area contributed by atoms with Crippen LogP contribution < -0.4 is 5.32 Å². The van der Waals surface area contributed by atoms with Gasteiger partial charge in [-0.05, 0) is 70.8 Å². The van der Waals surface area contributed by atoms with Crippen molar-refractivity contribution in [1.29, 1.82) is 0 Å². The first kappa shape index (κ1) is 12.9. The summed E-state index contributed by atoms with van der Waals surface area (Å²) in [6.07, 6.45) is 0. The van der Waals surface area contributed by atoms with E-state index in [-0.39, 0.29) is 5.91 Å². The van der Waals surface area contributed by atoms with Crippen LogP contribution in [0.5, 0.6) is 0 Å². The van der Waals surface area contributed by atoms with Crippen LogP contribution in [0.1, 0.15) is 0 Å². The van der Waals surface area contributed by atoms with Gasteiger partial charge in [0.2, 0.25) is 5.91 Å². The molecule has 1 aromatic carbocycles. The lowest BCUT2D eigenvalue weighted by atomic mass is 10.3. The number of halogens is 2. The van der Waals surface area contributed by atoms with Gasteiger partial charge in [0.15, 0.2) is 0 Å². The Bertz CT molecular complexity index is 368. The molecule has 0 bridgehead atoms. The van der Waals surface area contributed by atoms with Crippen LogP contribution >= 0.6 is 38.5 Å². The van der Waals surface area contributed by atoms with Gasteiger partial charge in [-0.1, -0.05) is 0 Å². The summed E-state index contributed by atoms with van der Waals surface area (Å²) in [5, 5.41) is 2.84. The van der Waals surface area contributed by atoms with Gasteiger partial charge in [0.1, 0.15) is 0 Å². The molecule has 0 aliphatic rings. The Balaban J connectivity index is 2.68. The minimum atomic E-state index is -0.0121. The Morgan fingerprint density at radius 1 is 1.53 bits per heavy atom. The second-order valence-electron chi connectivity index (χ2n) is 3.41. The smallest absolute Gasteiger partial charge is 0.238 e. The van der Waals surface area contributed by atoms with Crippen molar-refractivity contribution in [1.82, 2.24) is 4.90 Å². The number of benzene rings is 1. The number of carbonyl (C=O) groups excluding carboxylic acids is 1. The van der Waals surface area contributed by atoms with E-state index in [2.05, 4.69) is 43.8 Å². The van der Waals surface area contributed by atoms with Gasteiger partial charge in [-0.15, -0.1) is 0 Å². The molecule has 0 aromatic heterocycles. The Kier molecular flexibility index (Phi) is 5.01. The molecular formula is C10H12BrIN2O. The topological polar surface area (TPSA) is 32.3 Å². The molecule has 3 nitrogen and oxygen atoms in total. The second-order valence-corrected chi connectivity index (χ2v) is 5.51. The van der Waals surface area contributed by atoms with Crippen LogP contribution in [0.15, 0.2) is 22.7 Å². The first-order chi connectivity index (χ1) is 6.99. The maximum atomic E-state index is 11.5. The van der Waals surface area contributed by atoms with Gasteiger partial charge in [0.05, 0.1) is 12.2 Å². The number of nitrogens with one attached hydrogen (secondary N) is 1. The minimum Gasteiger partial charge on any atom is -0.324 e. The van der Waals surface area contributed by atoms with Crippen LogP contribution in [0.3, 0.4) is 0 Å². The maximum Gasteiger partial charge on any atom is 0.238 e. The van der Waals surface area contributed by atoms with E-state index >= 15 is 0 Å². The molecule has 0 aliphatic carbocycles. The summed E-state index contributed by atoms with van der Waals surface area (Å²) >= 11 is 5.63. The van der Waals surface area contributed by atoms with Gasteiger partial charge in [-0.3, -0.25) is 4.79 Å². The first-order valence-corrected chi connectivity index (χ1v) is 6.26. The van der Waals surface area contributed by atoms with E-state index in [9.17, 15) is 4.79 Å². The van der Waals surface area contributed by atoms with Gasteiger partial charge >= 0.3 is 0 Å². The summed E-state index contributed by atoms with van der Waals surface area (Å²) in [4.78, 5) is 13.3. The van der Waals surface area contributed by atoms with Crippen molar-refractivity contribution >= 4 is 50.1 Å². The molecule has 82 valence electrons. The molecule has 1 amide bonds. The SMILES string of the molecule is CN(C)CC(=O)Nc1ccc(I)cc1Br. The third-order valence-electron chi connectivity index (χ3n) is 1.67. The Hall–Kier alpha value is -0.140. The predicted octanol–water partition coefficient (Wildman–Crippen LogP) is 2.55. The Labute approximate surface area is 111 Å². The molecule has 0 atom stereocenters. The molecule has 0 spiro atoms. The van der Waals surface area contributed by atoms with E-state index in [4.69, 9.17) is 0 Å². The molecule has 15 heavy (non-hydrogen) atoms. The molecule has 0 radical (unpaired) electrons. The maximum absolute atomic E-state index is 11.5. The minimum absolute atomic E-state index is 0.0121. The summed E-state index contributed by atoms with van der Waals surface area (Å²) in [7, 11) is 3.73. The number of hydrogen-bond acceptors (Lipinski definition) is 2. The number of nitrogens with zero attached hydrogens (tertiary/aromatic N) is 1. The molecule has 0 heterocycles. The average Bonchev–Trinajstić information content (AvgIpc) is 2.08. The van der Waals surface area contributed by atoms with Crippen molar-refractivity contribution in [2.75, 3.05) is 26.0 Å². The van der Waals surface area contributed by atoms with Crippen LogP contribution in [-0.4, -0.2) is 31.4 Å². The highest BCUT2D eigenvalue weighted by Gasteiger charge is 2.06. The molecule has 1 N–H and O–H groups in total. The molecule has 5 heteroatoms. The number of anilines is 1. The van der Waals surface area contributed by atoms with Crippen LogP contribution in [-0.2, 0) is 4.79 Å². The third kappa shape index (κ3) is 4.48. The van der Waals surface area contributed by atoms with Crippen LogP contribution in [0.2, 0.25) is 0 Å². The van der Waals surface area contributed by atoms with E-state index < -0.39 is 0 Å². The van der Waals surface area contributed by atoms with E-state index in [1.165, 1.54) is 0 Å². The lowest BCUT2D eigenvalue weighted by molar-refractivity contribution is -0.116. The second kappa shape index (κ2) is 5.81. The zero-order chi connectivity index (χ0) is 11.4. The Morgan fingerprint density at radius 3 is 2.73 bits per heavy atom. The fraction of sp³-hybridized carbons (Fsp3) is 0.300. The van der Waals surface area contributed by atoms with Crippen LogP contribution in [0.4, 0.5) is 5.69 Å². The lowest BCUT2D eigenvalue weighted by Crippen LogP contribution is -2.27. The highest BCUT2D eigenvalue weighted by atomic mass is 127. The molecule has 0 saturated carbocycles. The number of carbonyl (C=O) groups is 1. The van der Waals surface area contributed by atoms with Crippen molar-refractivity contribution in [3.8, 4) is 0 Å². The van der Waals surface area contributed by atoms with Crippen molar-refractivity contribution in [2.24, 2.45) is 0 Å². The summed E-state index contributed by atoms with van der Waals surface area (Å²) < 4.78 is 2.03. The van der Waals surface area contributed by atoms with Crippen molar-refractivity contribution < 1.29 is 4.79 Å². The first-order valence-electron chi connectivity index (χ1n) is 4.38. The molecule has 1 rings (SSSR count). The summed E-state index contributed by atoms with van der Waals surface area (Å²) in [6.45, 7) is 0.387. The van der Waals surface area contributed by atoms with Gasteiger partial charge < -0.3 is 10.2 Å². The molecule has 0 saturated heterocycles. The fourth-order valence-electron chi connectivity index (χ4n) is 1.07. The number of rotatable bonds is 3. The molecule has 1 aromatic rings. The predicted molar refractivity (Wildman–Crippen MR) is 74.0 cm³/mol.